The highest BCUT2D eigenvalue weighted by atomic mass is 32.2. The minimum atomic E-state index is -3.39. The van der Waals surface area contributed by atoms with Crippen LogP contribution in [-0.2, 0) is 32.5 Å². The molecule has 15 heteroatoms. The molecule has 1 fully saturated rings. The van der Waals surface area contributed by atoms with E-state index in [0.29, 0.717) is 29.3 Å². The van der Waals surface area contributed by atoms with Gasteiger partial charge in [0.15, 0.2) is 27.1 Å². The number of aromatic nitrogens is 7. The number of anilines is 1. The lowest BCUT2D eigenvalue weighted by Gasteiger charge is -2.19. The topological polar surface area (TPSA) is 181 Å². The van der Waals surface area contributed by atoms with Crippen molar-refractivity contribution in [1.82, 2.24) is 34.5 Å². The molecule has 0 amide bonds. The number of hydrogen-bond donors (Lipinski definition) is 1. The molecule has 0 bridgehead atoms. The summed E-state index contributed by atoms with van der Waals surface area (Å²) in [6, 6.07) is 2.78. The smallest absolute Gasteiger partial charge is 0.303 e. The second-order valence-corrected chi connectivity index (χ2v) is 12.8. The van der Waals surface area contributed by atoms with Crippen molar-refractivity contribution >= 4 is 32.8 Å². The van der Waals surface area contributed by atoms with Gasteiger partial charge in [0.25, 0.3) is 5.56 Å². The van der Waals surface area contributed by atoms with Crippen LogP contribution in [0.15, 0.2) is 34.3 Å². The third-order valence-electron chi connectivity index (χ3n) is 7.45. The Labute approximate surface area is 254 Å². The van der Waals surface area contributed by atoms with E-state index >= 15 is 0 Å². The molecule has 4 aromatic heterocycles. The molecule has 0 saturated heterocycles. The average molecular weight is 623 g/mol. The Hall–Kier alpha value is -4.53. The van der Waals surface area contributed by atoms with E-state index in [0.717, 1.165) is 18.5 Å². The molecule has 14 nitrogen and oxygen atoms in total. The van der Waals surface area contributed by atoms with E-state index in [2.05, 4.69) is 25.3 Å². The minimum absolute atomic E-state index is 0.0181. The van der Waals surface area contributed by atoms with Crippen molar-refractivity contribution in [3.63, 3.8) is 0 Å². The number of ether oxygens (including phenoxy) is 2. The molecule has 4 heterocycles. The van der Waals surface area contributed by atoms with Crippen LogP contribution in [0.2, 0.25) is 0 Å². The molecule has 5 rings (SSSR count). The van der Waals surface area contributed by atoms with Gasteiger partial charge in [-0.2, -0.15) is 0 Å². The van der Waals surface area contributed by atoms with Gasteiger partial charge in [-0.25, -0.2) is 33.3 Å². The lowest BCUT2D eigenvalue weighted by molar-refractivity contribution is -0.142. The fourth-order valence-corrected chi connectivity index (χ4v) is 5.51. The Morgan fingerprint density at radius 3 is 2.52 bits per heavy atom. The normalized spacial score (nSPS) is 13.9. The van der Waals surface area contributed by atoms with E-state index in [-0.39, 0.29) is 58.6 Å². The molecule has 1 aliphatic rings. The molecule has 0 aliphatic heterocycles. The summed E-state index contributed by atoms with van der Waals surface area (Å²) in [7, 11) is -1.89. The number of rotatable bonds is 12. The van der Waals surface area contributed by atoms with Crippen LogP contribution in [0.3, 0.4) is 0 Å². The molecule has 1 saturated carbocycles. The summed E-state index contributed by atoms with van der Waals surface area (Å²) in [6.45, 7) is 6.60. The molecule has 232 valence electrons. The summed E-state index contributed by atoms with van der Waals surface area (Å²) in [6.07, 6.45) is 5.27. The highest BCUT2D eigenvalue weighted by molar-refractivity contribution is 7.91. The van der Waals surface area contributed by atoms with Gasteiger partial charge >= 0.3 is 5.97 Å². The second-order valence-electron chi connectivity index (χ2n) is 10.5. The summed E-state index contributed by atoms with van der Waals surface area (Å²) in [5.74, 6) is 0.228. The average Bonchev–Trinajstić information content (AvgIpc) is 3.87. The first-order valence-corrected chi connectivity index (χ1v) is 16.0. The predicted molar refractivity (Wildman–Crippen MR) is 161 cm³/mol. The van der Waals surface area contributed by atoms with Crippen LogP contribution in [0, 0.1) is 0 Å². The van der Waals surface area contributed by atoms with Gasteiger partial charge < -0.3 is 14.8 Å². The fraction of sp³-hybridized carbons (Fsp3) is 0.448. The Bertz CT molecular complexity index is 1870. The molecule has 0 radical (unpaired) electrons. The van der Waals surface area contributed by atoms with E-state index < -0.39 is 21.4 Å². The number of methoxy groups -OCH3 is 1. The maximum Gasteiger partial charge on any atom is 0.303 e. The monoisotopic (exact) mass is 622 g/mol. The Kier molecular flexibility index (Phi) is 8.85. The van der Waals surface area contributed by atoms with E-state index in [1.54, 1.807) is 17.6 Å². The van der Waals surface area contributed by atoms with Crippen molar-refractivity contribution in [3.05, 3.63) is 52.1 Å². The third kappa shape index (κ3) is 6.23. The maximum absolute atomic E-state index is 13.9. The van der Waals surface area contributed by atoms with Gasteiger partial charge in [0.1, 0.15) is 29.7 Å². The fourth-order valence-electron chi connectivity index (χ4n) is 4.68. The standard InChI is InChI=1S/C29H34N8O6S/c1-6-16(3)37-27-24(35-26(29(37)39)31-12-19-10-11-20(13-30-19)44(40,41)7-2)21(14-43-17(4)38)34-25(36-27)22-23(18-8-9-18)32-15-33-28(22)42-5/h10-11,13,15-16,18H,6-9,12,14H2,1-5H3,(H,31,35)/t16-/m1/s1. The molecule has 0 aromatic carbocycles. The maximum atomic E-state index is 13.9. The molecule has 0 spiro atoms. The summed E-state index contributed by atoms with van der Waals surface area (Å²) in [4.78, 5) is 53.1. The number of nitrogens with zero attached hydrogens (tertiary/aromatic N) is 7. The first-order valence-electron chi connectivity index (χ1n) is 14.3. The zero-order chi connectivity index (χ0) is 31.6. The zero-order valence-corrected chi connectivity index (χ0v) is 26.0. The van der Waals surface area contributed by atoms with Crippen LogP contribution in [0.4, 0.5) is 5.82 Å². The molecular weight excluding hydrogens is 588 g/mol. The zero-order valence-electron chi connectivity index (χ0n) is 25.2. The van der Waals surface area contributed by atoms with Crippen LogP contribution >= 0.6 is 0 Å². The minimum Gasteiger partial charge on any atom is -0.480 e. The summed E-state index contributed by atoms with van der Waals surface area (Å²) in [5, 5.41) is 3.04. The summed E-state index contributed by atoms with van der Waals surface area (Å²) in [5.41, 5.74) is 2.20. The van der Waals surface area contributed by atoms with Crippen molar-refractivity contribution < 1.29 is 22.7 Å². The molecule has 1 N–H and O–H groups in total. The van der Waals surface area contributed by atoms with Gasteiger partial charge in [-0.1, -0.05) is 13.8 Å². The first-order chi connectivity index (χ1) is 21.1. The predicted octanol–water partition coefficient (Wildman–Crippen LogP) is 3.36. The molecule has 4 aromatic rings. The number of carbonyl (C=O) groups excluding carboxylic acids is 1. The number of esters is 1. The molecular formula is C29H34N8O6S. The van der Waals surface area contributed by atoms with Gasteiger partial charge in [0, 0.05) is 25.1 Å². The van der Waals surface area contributed by atoms with Crippen LogP contribution in [0.1, 0.15) is 76.0 Å². The van der Waals surface area contributed by atoms with E-state index in [1.165, 1.54) is 32.6 Å². The lowest BCUT2D eigenvalue weighted by atomic mass is 10.1. The van der Waals surface area contributed by atoms with Gasteiger partial charge in [-0.3, -0.25) is 19.1 Å². The van der Waals surface area contributed by atoms with Gasteiger partial charge in [0.05, 0.1) is 35.7 Å². The Morgan fingerprint density at radius 1 is 1.14 bits per heavy atom. The summed E-state index contributed by atoms with van der Waals surface area (Å²) < 4.78 is 36.8. The van der Waals surface area contributed by atoms with E-state index in [1.807, 2.05) is 13.8 Å². The number of nitrogens with one attached hydrogen (secondary N) is 1. The SMILES string of the molecule is CC[C@@H](C)n1c(=O)c(NCc2ccc(S(=O)(=O)CC)cn2)nc2c(COC(C)=O)nc(-c3c(OC)ncnc3C3CC3)nc21. The van der Waals surface area contributed by atoms with Crippen molar-refractivity contribution in [3.8, 4) is 17.3 Å². The number of carbonyl (C=O) groups is 1. The largest absolute Gasteiger partial charge is 0.480 e. The number of fused-ring (bicyclic) bond motifs is 1. The van der Waals surface area contributed by atoms with Crippen molar-refractivity contribution in [2.75, 3.05) is 18.2 Å². The highest BCUT2D eigenvalue weighted by Crippen LogP contribution is 2.45. The molecule has 44 heavy (non-hydrogen) atoms. The van der Waals surface area contributed by atoms with Gasteiger partial charge in [-0.05, 0) is 38.3 Å². The Morgan fingerprint density at radius 2 is 1.91 bits per heavy atom. The molecule has 0 unspecified atom stereocenters. The number of hydrogen-bond acceptors (Lipinski definition) is 13. The van der Waals surface area contributed by atoms with Gasteiger partial charge in [0.2, 0.25) is 5.88 Å². The highest BCUT2D eigenvalue weighted by Gasteiger charge is 2.32. The van der Waals surface area contributed by atoms with E-state index in [4.69, 9.17) is 19.4 Å². The Balaban J connectivity index is 1.65. The van der Waals surface area contributed by atoms with Crippen molar-refractivity contribution in [2.24, 2.45) is 0 Å². The van der Waals surface area contributed by atoms with Crippen LogP contribution < -0.4 is 15.6 Å². The third-order valence-corrected chi connectivity index (χ3v) is 9.17. The van der Waals surface area contributed by atoms with Gasteiger partial charge in [-0.15, -0.1) is 0 Å². The number of pyridine rings is 1. The van der Waals surface area contributed by atoms with Crippen LogP contribution in [0.25, 0.3) is 22.6 Å². The lowest BCUT2D eigenvalue weighted by Crippen LogP contribution is -2.29. The first kappa shape index (κ1) is 30.9. The number of sulfone groups is 1. The van der Waals surface area contributed by atoms with Crippen LogP contribution in [0.5, 0.6) is 5.88 Å². The molecule has 1 aliphatic carbocycles. The van der Waals surface area contributed by atoms with Crippen LogP contribution in [-0.4, -0.2) is 61.7 Å². The second kappa shape index (κ2) is 12.6. The van der Waals surface area contributed by atoms with E-state index in [9.17, 15) is 18.0 Å². The van der Waals surface area contributed by atoms with Crippen molar-refractivity contribution in [2.45, 2.75) is 77.0 Å². The summed E-state index contributed by atoms with van der Waals surface area (Å²) >= 11 is 0. The quantitative estimate of drug-likeness (QED) is 0.227. The van der Waals surface area contributed by atoms with Crippen molar-refractivity contribution in [1.29, 1.82) is 0 Å². The molecule has 1 atom stereocenters.